The highest BCUT2D eigenvalue weighted by Gasteiger charge is 2.51. The molecule has 2 saturated heterocycles. The Balaban J connectivity index is 1.80. The van der Waals surface area contributed by atoms with Gasteiger partial charge < -0.3 is 19.5 Å². The number of urea groups is 1. The zero-order chi connectivity index (χ0) is 15.6. The molecule has 1 aromatic heterocycles. The van der Waals surface area contributed by atoms with Gasteiger partial charge in [-0.1, -0.05) is 12.1 Å². The van der Waals surface area contributed by atoms with Crippen LogP contribution < -0.4 is 5.32 Å². The highest BCUT2D eigenvalue weighted by Crippen LogP contribution is 2.48. The quantitative estimate of drug-likeness (QED) is 0.919. The number of ether oxygens (including phenoxy) is 1. The number of amides is 2. The Kier molecular flexibility index (Phi) is 4.33. The molecule has 0 aromatic carbocycles. The molecule has 122 valence electrons. The maximum Gasteiger partial charge on any atom is 0.317 e. The summed E-state index contributed by atoms with van der Waals surface area (Å²) in [7, 11) is 0. The Morgan fingerprint density at radius 1 is 1.45 bits per heavy atom. The van der Waals surface area contributed by atoms with Gasteiger partial charge in [0.25, 0.3) is 0 Å². The van der Waals surface area contributed by atoms with Crippen molar-refractivity contribution in [3.63, 3.8) is 0 Å². The lowest BCUT2D eigenvalue weighted by atomic mass is 9.72. The number of carbonyl (C=O) groups excluding carboxylic acids is 1. The molecule has 2 aliphatic rings. The molecule has 2 fully saturated rings. The predicted molar refractivity (Wildman–Crippen MR) is 79.5 cm³/mol. The summed E-state index contributed by atoms with van der Waals surface area (Å²) in [6.45, 7) is 7.41. The van der Waals surface area contributed by atoms with Crippen LogP contribution >= 0.6 is 0 Å². The summed E-state index contributed by atoms with van der Waals surface area (Å²) >= 11 is 0. The van der Waals surface area contributed by atoms with Gasteiger partial charge in [0.1, 0.15) is 0 Å². The van der Waals surface area contributed by atoms with Crippen LogP contribution in [0.15, 0.2) is 4.52 Å². The highest BCUT2D eigenvalue weighted by molar-refractivity contribution is 5.74. The third-order valence-corrected chi connectivity index (χ3v) is 4.79. The number of hydrogen-bond acceptors (Lipinski definition) is 5. The summed E-state index contributed by atoms with van der Waals surface area (Å²) in [6.07, 6.45) is 2.79. The van der Waals surface area contributed by atoms with Gasteiger partial charge in [-0.2, -0.15) is 4.98 Å². The molecule has 0 saturated carbocycles. The maximum absolute atomic E-state index is 12.3. The smallest absolute Gasteiger partial charge is 0.317 e. The van der Waals surface area contributed by atoms with Gasteiger partial charge in [-0.15, -0.1) is 0 Å². The fraction of sp³-hybridized carbons (Fsp3) is 0.800. The molecule has 1 N–H and O–H groups in total. The van der Waals surface area contributed by atoms with Gasteiger partial charge in [-0.05, 0) is 26.2 Å². The first-order chi connectivity index (χ1) is 10.6. The fourth-order valence-corrected chi connectivity index (χ4v) is 3.55. The second kappa shape index (κ2) is 6.24. The number of likely N-dealkylation sites (tertiary alicyclic amines) is 1. The SMILES string of the molecule is CCCNC(=O)N1C[C@@H](c2nc(C)no2)C2(CCOCC2)C1. The van der Waals surface area contributed by atoms with Gasteiger partial charge in [0.2, 0.25) is 5.89 Å². The van der Waals surface area contributed by atoms with Crippen molar-refractivity contribution < 1.29 is 14.1 Å². The lowest BCUT2D eigenvalue weighted by Gasteiger charge is -2.36. The number of rotatable bonds is 3. The number of aryl methyl sites for hydroxylation is 1. The maximum atomic E-state index is 12.3. The van der Waals surface area contributed by atoms with E-state index in [9.17, 15) is 4.79 Å². The monoisotopic (exact) mass is 308 g/mol. The summed E-state index contributed by atoms with van der Waals surface area (Å²) in [5.74, 6) is 1.40. The Labute approximate surface area is 130 Å². The van der Waals surface area contributed by atoms with Crippen molar-refractivity contribution in [3.05, 3.63) is 11.7 Å². The van der Waals surface area contributed by atoms with Gasteiger partial charge in [0, 0.05) is 38.3 Å². The first-order valence-electron chi connectivity index (χ1n) is 8.05. The van der Waals surface area contributed by atoms with E-state index in [0.717, 1.165) is 39.0 Å². The minimum atomic E-state index is 0.000772. The van der Waals surface area contributed by atoms with Crippen LogP contribution in [0.5, 0.6) is 0 Å². The molecule has 0 radical (unpaired) electrons. The Hall–Kier alpha value is -1.63. The molecule has 2 aliphatic heterocycles. The molecule has 3 heterocycles. The number of aromatic nitrogens is 2. The molecule has 0 bridgehead atoms. The van der Waals surface area contributed by atoms with Gasteiger partial charge in [0.15, 0.2) is 5.82 Å². The van der Waals surface area contributed by atoms with Crippen molar-refractivity contribution >= 4 is 6.03 Å². The topological polar surface area (TPSA) is 80.5 Å². The number of nitrogens with one attached hydrogen (secondary N) is 1. The van der Waals surface area contributed by atoms with Gasteiger partial charge in [-0.25, -0.2) is 4.79 Å². The lowest BCUT2D eigenvalue weighted by Crippen LogP contribution is -2.41. The summed E-state index contributed by atoms with van der Waals surface area (Å²) in [4.78, 5) is 18.6. The van der Waals surface area contributed by atoms with E-state index < -0.39 is 0 Å². The molecular formula is C15H24N4O3. The van der Waals surface area contributed by atoms with Crippen molar-refractivity contribution in [3.8, 4) is 0 Å². The molecule has 7 nitrogen and oxygen atoms in total. The van der Waals surface area contributed by atoms with Crippen LogP contribution in [0.1, 0.15) is 43.8 Å². The van der Waals surface area contributed by atoms with E-state index in [1.807, 2.05) is 18.7 Å². The van der Waals surface area contributed by atoms with E-state index in [4.69, 9.17) is 9.26 Å². The van der Waals surface area contributed by atoms with E-state index in [0.29, 0.717) is 24.8 Å². The summed E-state index contributed by atoms with van der Waals surface area (Å²) in [5.41, 5.74) is 0.000772. The zero-order valence-electron chi connectivity index (χ0n) is 13.3. The number of hydrogen-bond donors (Lipinski definition) is 1. The Morgan fingerprint density at radius 3 is 2.86 bits per heavy atom. The molecular weight excluding hydrogens is 284 g/mol. The summed E-state index contributed by atoms with van der Waals surface area (Å²) in [5, 5.41) is 6.88. The molecule has 1 spiro atoms. The van der Waals surface area contributed by atoms with Gasteiger partial charge >= 0.3 is 6.03 Å². The second-order valence-electron chi connectivity index (χ2n) is 6.32. The molecule has 2 amide bonds. The normalized spacial score (nSPS) is 23.9. The van der Waals surface area contributed by atoms with Crippen LogP contribution in [0.2, 0.25) is 0 Å². The van der Waals surface area contributed by atoms with Gasteiger partial charge in [0.05, 0.1) is 5.92 Å². The van der Waals surface area contributed by atoms with Crippen LogP contribution in [0.25, 0.3) is 0 Å². The van der Waals surface area contributed by atoms with Crippen molar-refractivity contribution in [2.45, 2.75) is 39.0 Å². The third kappa shape index (κ3) is 2.82. The van der Waals surface area contributed by atoms with Crippen LogP contribution in [-0.2, 0) is 4.74 Å². The molecule has 22 heavy (non-hydrogen) atoms. The zero-order valence-corrected chi connectivity index (χ0v) is 13.3. The van der Waals surface area contributed by atoms with Crippen molar-refractivity contribution in [2.24, 2.45) is 5.41 Å². The molecule has 7 heteroatoms. The van der Waals surface area contributed by atoms with Crippen LogP contribution in [0.3, 0.4) is 0 Å². The number of nitrogens with zero attached hydrogens (tertiary/aromatic N) is 3. The Bertz CT molecular complexity index is 525. The molecule has 1 aromatic rings. The van der Waals surface area contributed by atoms with Crippen LogP contribution in [-0.4, -0.2) is 53.9 Å². The third-order valence-electron chi connectivity index (χ3n) is 4.79. The van der Waals surface area contributed by atoms with Crippen LogP contribution in [0.4, 0.5) is 4.79 Å². The van der Waals surface area contributed by atoms with E-state index in [1.165, 1.54) is 0 Å². The first-order valence-corrected chi connectivity index (χ1v) is 8.05. The molecule has 0 aliphatic carbocycles. The van der Waals surface area contributed by atoms with E-state index in [-0.39, 0.29) is 17.4 Å². The van der Waals surface area contributed by atoms with E-state index in [2.05, 4.69) is 15.5 Å². The minimum absolute atomic E-state index is 0.000772. The standard InChI is InChI=1S/C15H24N4O3/c1-3-6-16-14(20)19-9-12(13-17-11(2)18-22-13)15(10-19)4-7-21-8-5-15/h12H,3-10H2,1-2H3,(H,16,20)/t12-/m0/s1. The van der Waals surface area contributed by atoms with Crippen molar-refractivity contribution in [1.82, 2.24) is 20.4 Å². The van der Waals surface area contributed by atoms with E-state index >= 15 is 0 Å². The van der Waals surface area contributed by atoms with Crippen LogP contribution in [0, 0.1) is 12.3 Å². The first kappa shape index (κ1) is 15.3. The van der Waals surface area contributed by atoms with Crippen molar-refractivity contribution in [2.75, 3.05) is 32.8 Å². The minimum Gasteiger partial charge on any atom is -0.381 e. The number of carbonyl (C=O) groups is 1. The average Bonchev–Trinajstić information content (AvgIpc) is 3.10. The predicted octanol–water partition coefficient (Wildman–Crippen LogP) is 1.69. The van der Waals surface area contributed by atoms with E-state index in [1.54, 1.807) is 0 Å². The largest absolute Gasteiger partial charge is 0.381 e. The molecule has 3 rings (SSSR count). The molecule has 0 unspecified atom stereocenters. The average molecular weight is 308 g/mol. The highest BCUT2D eigenvalue weighted by atomic mass is 16.5. The summed E-state index contributed by atoms with van der Waals surface area (Å²) < 4.78 is 10.9. The second-order valence-corrected chi connectivity index (χ2v) is 6.32. The fourth-order valence-electron chi connectivity index (χ4n) is 3.55. The Morgan fingerprint density at radius 2 is 2.23 bits per heavy atom. The van der Waals surface area contributed by atoms with Gasteiger partial charge in [-0.3, -0.25) is 0 Å². The summed E-state index contributed by atoms with van der Waals surface area (Å²) in [6, 6.07) is 0.00598. The van der Waals surface area contributed by atoms with Crippen molar-refractivity contribution in [1.29, 1.82) is 0 Å². The lowest BCUT2D eigenvalue weighted by molar-refractivity contribution is 0.00943. The molecule has 1 atom stereocenters.